The highest BCUT2D eigenvalue weighted by Crippen LogP contribution is 2.36. The first kappa shape index (κ1) is 7.07. The molecule has 1 heterocycles. The molecule has 0 spiro atoms. The first-order chi connectivity index (χ1) is 9.69. The van der Waals surface area contributed by atoms with Gasteiger partial charge in [-0.1, -0.05) is 11.6 Å². The molecule has 17 heavy (non-hydrogen) atoms. The Morgan fingerprint density at radius 2 is 2.47 bits per heavy atom. The fourth-order valence-electron chi connectivity index (χ4n) is 2.17. The van der Waals surface area contributed by atoms with E-state index in [0.717, 1.165) is 0 Å². The highest BCUT2D eigenvalue weighted by atomic mass is 35.5. The molecule has 4 heteroatoms. The minimum absolute atomic E-state index is 0.0938. The van der Waals surface area contributed by atoms with Crippen molar-refractivity contribution in [3.63, 3.8) is 0 Å². The van der Waals surface area contributed by atoms with E-state index in [1.165, 1.54) is 0 Å². The molecule has 0 fully saturated rings. The average Bonchev–Trinajstić information content (AvgIpc) is 2.75. The monoisotopic (exact) mass is 252 g/mol. The fourth-order valence-corrected chi connectivity index (χ4v) is 2.34. The van der Waals surface area contributed by atoms with Gasteiger partial charge in [0.25, 0.3) is 0 Å². The summed E-state index contributed by atoms with van der Waals surface area (Å²) in [6.07, 6.45) is -3.54. The number of carbonyl (C=O) groups excluding carboxylic acids is 1. The van der Waals surface area contributed by atoms with E-state index >= 15 is 0 Å². The van der Waals surface area contributed by atoms with Gasteiger partial charge in [-0.2, -0.15) is 0 Å². The van der Waals surface area contributed by atoms with Crippen molar-refractivity contribution in [2.24, 2.45) is 5.73 Å². The van der Waals surface area contributed by atoms with E-state index in [1.54, 1.807) is 18.2 Å². The number of carbonyl (C=O) groups is 1. The van der Waals surface area contributed by atoms with Gasteiger partial charge < -0.3 is 10.7 Å². The van der Waals surface area contributed by atoms with Gasteiger partial charge in [0.05, 0.1) is 5.89 Å². The van der Waals surface area contributed by atoms with Crippen molar-refractivity contribution >= 4 is 28.4 Å². The van der Waals surface area contributed by atoms with Gasteiger partial charge in [-0.3, -0.25) is 4.79 Å². The Morgan fingerprint density at radius 1 is 1.65 bits per heavy atom. The lowest BCUT2D eigenvalue weighted by atomic mass is 9.86. The molecule has 1 aromatic heterocycles. The molecule has 1 aliphatic rings. The number of aryl methyl sites for hydroxylation is 1. The predicted molar refractivity (Wildman–Crippen MR) is 68.2 cm³/mol. The van der Waals surface area contributed by atoms with Crippen LogP contribution >= 0.6 is 11.6 Å². The summed E-state index contributed by atoms with van der Waals surface area (Å²) in [5, 5.41) is 1.19. The second kappa shape index (κ2) is 3.77. The average molecular weight is 253 g/mol. The van der Waals surface area contributed by atoms with Crippen molar-refractivity contribution < 1.29 is 10.3 Å². The lowest BCUT2D eigenvalue weighted by Crippen LogP contribution is -2.24. The molecule has 0 aliphatic heterocycles. The zero-order chi connectivity index (χ0) is 15.6. The van der Waals surface area contributed by atoms with Crippen LogP contribution in [0.2, 0.25) is 5.02 Å². The van der Waals surface area contributed by atoms with Crippen LogP contribution in [0, 0.1) is 0 Å². The van der Waals surface area contributed by atoms with E-state index in [2.05, 4.69) is 4.98 Å². The number of amides is 1. The molecule has 2 unspecified atom stereocenters. The lowest BCUT2D eigenvalue weighted by molar-refractivity contribution is -0.119. The van der Waals surface area contributed by atoms with Crippen molar-refractivity contribution in [2.45, 2.75) is 25.1 Å². The summed E-state index contributed by atoms with van der Waals surface area (Å²) < 4.78 is 32.3. The van der Waals surface area contributed by atoms with Gasteiger partial charge in [0.1, 0.15) is 0 Å². The zero-order valence-corrected chi connectivity index (χ0v) is 9.64. The molecular weight excluding hydrogens is 236 g/mol. The third-order valence-electron chi connectivity index (χ3n) is 2.92. The zero-order valence-electron chi connectivity index (χ0n) is 12.9. The maximum atomic E-state index is 11.8. The first-order valence-corrected chi connectivity index (χ1v) is 5.60. The predicted octanol–water partition coefficient (Wildman–Crippen LogP) is 2.73. The quantitative estimate of drug-likeness (QED) is 0.806. The van der Waals surface area contributed by atoms with Crippen molar-refractivity contribution in [1.82, 2.24) is 4.98 Å². The van der Waals surface area contributed by atoms with Crippen LogP contribution in [0.4, 0.5) is 0 Å². The highest BCUT2D eigenvalue weighted by molar-refractivity contribution is 6.31. The number of aromatic nitrogens is 1. The minimum Gasteiger partial charge on any atom is -0.369 e. The summed E-state index contributed by atoms with van der Waals surface area (Å²) in [6.45, 7) is 0. The van der Waals surface area contributed by atoms with E-state index in [9.17, 15) is 4.79 Å². The number of primary amides is 1. The third kappa shape index (κ3) is 1.62. The van der Waals surface area contributed by atoms with Crippen LogP contribution in [0.15, 0.2) is 18.2 Å². The minimum atomic E-state index is -2.38. The Balaban J connectivity index is 2.39. The summed E-state index contributed by atoms with van der Waals surface area (Å²) in [6, 6.07) is 5.04. The first-order valence-electron chi connectivity index (χ1n) is 7.30. The fraction of sp³-hybridized carbons (Fsp3) is 0.308. The van der Waals surface area contributed by atoms with Crippen molar-refractivity contribution in [2.75, 3.05) is 0 Å². The number of aromatic amines is 1. The number of nitrogens with two attached hydrogens (primary N) is 1. The molecule has 3 N–H and O–H groups in total. The number of halogens is 1. The van der Waals surface area contributed by atoms with Gasteiger partial charge in [0, 0.05) is 27.1 Å². The van der Waals surface area contributed by atoms with Gasteiger partial charge in [0.15, 0.2) is 0 Å². The molecule has 1 amide bonds. The molecule has 0 saturated heterocycles. The van der Waals surface area contributed by atoms with Crippen molar-refractivity contribution in [3.05, 3.63) is 34.5 Å². The molecule has 3 rings (SSSR count). The van der Waals surface area contributed by atoms with Crippen LogP contribution < -0.4 is 5.73 Å². The molecule has 1 aliphatic carbocycles. The van der Waals surface area contributed by atoms with Crippen molar-refractivity contribution in [3.8, 4) is 0 Å². The van der Waals surface area contributed by atoms with E-state index in [-0.39, 0.29) is 12.1 Å². The third-order valence-corrected chi connectivity index (χ3v) is 3.15. The van der Waals surface area contributed by atoms with Crippen molar-refractivity contribution in [1.29, 1.82) is 0 Å². The number of H-pyrrole nitrogens is 1. The summed E-state index contributed by atoms with van der Waals surface area (Å²) >= 11 is 5.97. The van der Waals surface area contributed by atoms with E-state index in [0.29, 0.717) is 21.5 Å². The van der Waals surface area contributed by atoms with Crippen LogP contribution in [-0.2, 0) is 11.2 Å². The molecule has 2 atom stereocenters. The molecule has 1 aromatic carbocycles. The van der Waals surface area contributed by atoms with Crippen LogP contribution in [0.25, 0.3) is 10.9 Å². The van der Waals surface area contributed by atoms with Gasteiger partial charge >= 0.3 is 0 Å². The molecule has 0 bridgehead atoms. The second-order valence-corrected chi connectivity index (χ2v) is 4.40. The standard InChI is InChI=1S/C13H13ClN2O/c14-7-4-5-11-10(6-7)8-2-1-3-9(13(15)17)12(8)16-11/h4-6,9,16H,1-3H2,(H2,15,17)/i1D,3D2,9D. The van der Waals surface area contributed by atoms with E-state index < -0.39 is 24.6 Å². The van der Waals surface area contributed by atoms with Gasteiger partial charge in [-0.25, -0.2) is 0 Å². The summed E-state index contributed by atoms with van der Waals surface area (Å²) in [5.41, 5.74) is 6.65. The molecule has 2 aromatic rings. The van der Waals surface area contributed by atoms with E-state index in [1.807, 2.05) is 0 Å². The SMILES string of the molecule is [2H]C1Cc2c([nH]c3ccc(Cl)cc23)C([2H])(C(N)=O)C1([2H])[2H]. The molecule has 88 valence electrons. The molecule has 0 saturated carbocycles. The maximum Gasteiger partial charge on any atom is 0.226 e. The lowest BCUT2D eigenvalue weighted by Gasteiger charge is -2.19. The number of nitrogens with one attached hydrogen (secondary N) is 1. The normalized spacial score (nSPS) is 34.3. The van der Waals surface area contributed by atoms with Gasteiger partial charge in [-0.15, -0.1) is 0 Å². The van der Waals surface area contributed by atoms with Gasteiger partial charge in [0.2, 0.25) is 5.91 Å². The molecule has 0 radical (unpaired) electrons. The summed E-state index contributed by atoms with van der Waals surface area (Å²) in [7, 11) is 0. The maximum absolute atomic E-state index is 11.8. The number of hydrogen-bond acceptors (Lipinski definition) is 1. The van der Waals surface area contributed by atoms with Crippen LogP contribution in [0.1, 0.15) is 35.4 Å². The Bertz CT molecular complexity index is 760. The summed E-state index contributed by atoms with van der Waals surface area (Å²) in [4.78, 5) is 14.7. The highest BCUT2D eigenvalue weighted by Gasteiger charge is 2.27. The Kier molecular flexibility index (Phi) is 1.57. The smallest absolute Gasteiger partial charge is 0.226 e. The largest absolute Gasteiger partial charge is 0.369 e. The molecular formula is C13H13ClN2O. The van der Waals surface area contributed by atoms with Crippen LogP contribution in [0.3, 0.4) is 0 Å². The summed E-state index contributed by atoms with van der Waals surface area (Å²) in [5.74, 6) is -3.43. The Hall–Kier alpha value is -1.48. The van der Waals surface area contributed by atoms with Crippen LogP contribution in [0.5, 0.6) is 0 Å². The Morgan fingerprint density at radius 3 is 3.24 bits per heavy atom. The number of rotatable bonds is 1. The number of fused-ring (bicyclic) bond motifs is 3. The Labute approximate surface area is 110 Å². The topological polar surface area (TPSA) is 58.9 Å². The number of benzene rings is 1. The van der Waals surface area contributed by atoms with E-state index in [4.69, 9.17) is 22.8 Å². The second-order valence-electron chi connectivity index (χ2n) is 3.96. The molecule has 3 nitrogen and oxygen atoms in total. The van der Waals surface area contributed by atoms with Gasteiger partial charge in [-0.05, 0) is 43.0 Å². The van der Waals surface area contributed by atoms with Crippen LogP contribution in [-0.4, -0.2) is 10.9 Å². The number of hydrogen-bond donors (Lipinski definition) is 2.